The molecule has 9 nitrogen and oxygen atoms in total. The zero-order valence-electron chi connectivity index (χ0n) is 17.1. The Balaban J connectivity index is 1.40. The molecule has 1 aliphatic carbocycles. The lowest BCUT2D eigenvalue weighted by atomic mass is 10.1. The van der Waals surface area contributed by atoms with Gasteiger partial charge in [0.1, 0.15) is 11.5 Å². The number of anilines is 3. The van der Waals surface area contributed by atoms with E-state index in [0.717, 1.165) is 47.5 Å². The number of carbonyl (C=O) groups excluding carboxylic acids is 1. The maximum atomic E-state index is 12.0. The number of rotatable bonds is 6. The van der Waals surface area contributed by atoms with Crippen LogP contribution in [0.15, 0.2) is 31.2 Å². The molecule has 2 fully saturated rings. The zero-order chi connectivity index (χ0) is 20.7. The van der Waals surface area contributed by atoms with E-state index < -0.39 is 0 Å². The molecular formula is C21H26N8O. The number of hydrogen-bond acceptors (Lipinski definition) is 6. The molecule has 3 N–H and O–H groups in total. The van der Waals surface area contributed by atoms with Crippen LogP contribution in [0.3, 0.4) is 0 Å². The number of H-pyrrole nitrogens is 1. The number of nitrogens with one attached hydrogen (secondary N) is 3. The van der Waals surface area contributed by atoms with E-state index in [-0.39, 0.29) is 11.9 Å². The maximum Gasteiger partial charge on any atom is 0.246 e. The van der Waals surface area contributed by atoms with Crippen LogP contribution >= 0.6 is 0 Å². The molecule has 1 saturated heterocycles. The third-order valence-electron chi connectivity index (χ3n) is 5.76. The van der Waals surface area contributed by atoms with Crippen LogP contribution in [0.1, 0.15) is 37.3 Å². The molecule has 0 bridgehead atoms. The molecule has 2 aliphatic rings. The molecule has 1 amide bonds. The summed E-state index contributed by atoms with van der Waals surface area (Å²) in [6.07, 6.45) is 11.4. The number of aromatic amines is 1. The van der Waals surface area contributed by atoms with E-state index >= 15 is 0 Å². The number of hydrogen-bond donors (Lipinski definition) is 3. The highest BCUT2D eigenvalue weighted by Gasteiger charge is 2.25. The van der Waals surface area contributed by atoms with Crippen molar-refractivity contribution in [1.82, 2.24) is 29.6 Å². The summed E-state index contributed by atoms with van der Waals surface area (Å²) in [5, 5.41) is 12.2. The van der Waals surface area contributed by atoms with Crippen molar-refractivity contribution >= 4 is 34.4 Å². The van der Waals surface area contributed by atoms with Crippen molar-refractivity contribution in [3.8, 4) is 0 Å². The Labute approximate surface area is 174 Å². The molecule has 0 aromatic carbocycles. The first-order chi connectivity index (χ1) is 14.6. The van der Waals surface area contributed by atoms with Gasteiger partial charge in [-0.3, -0.25) is 9.48 Å². The minimum Gasteiger partial charge on any atom is -0.365 e. The summed E-state index contributed by atoms with van der Waals surface area (Å²) in [7, 11) is 0. The number of aryl methyl sites for hydroxylation is 1. The first kappa shape index (κ1) is 18.7. The Bertz CT molecular complexity index is 1100. The predicted octanol–water partition coefficient (Wildman–Crippen LogP) is 3.13. The number of nitrogens with zero attached hydrogens (tertiary/aromatic N) is 5. The van der Waals surface area contributed by atoms with E-state index in [2.05, 4.69) is 32.3 Å². The highest BCUT2D eigenvalue weighted by Crippen LogP contribution is 2.35. The first-order valence-electron chi connectivity index (χ1n) is 10.5. The van der Waals surface area contributed by atoms with Gasteiger partial charge in [-0.05, 0) is 44.2 Å². The lowest BCUT2D eigenvalue weighted by Crippen LogP contribution is -2.44. The third kappa shape index (κ3) is 3.62. The molecule has 1 aliphatic heterocycles. The Morgan fingerprint density at radius 3 is 3.00 bits per heavy atom. The van der Waals surface area contributed by atoms with E-state index in [1.165, 1.54) is 18.9 Å². The standard InChI is InChI=1S/C21H26N8O/c1-3-17(30)28-8-4-5-14(11-28)24-20-18-13(2)9-22-19(18)26-21(27-20)25-15-10-23-29(12-15)16-6-7-16/h3,9-10,12,14,16H,1,4-8,11H2,2H3,(H3,22,24,25,26,27). The van der Waals surface area contributed by atoms with Crippen molar-refractivity contribution < 1.29 is 4.79 Å². The second-order valence-electron chi connectivity index (χ2n) is 8.13. The normalized spacial score (nSPS) is 19.1. The number of fused-ring (bicyclic) bond motifs is 1. The summed E-state index contributed by atoms with van der Waals surface area (Å²) < 4.78 is 1.99. The second-order valence-corrected chi connectivity index (χ2v) is 8.13. The summed E-state index contributed by atoms with van der Waals surface area (Å²) in [4.78, 5) is 26.5. The topological polar surface area (TPSA) is 104 Å². The van der Waals surface area contributed by atoms with Gasteiger partial charge in [-0.15, -0.1) is 0 Å². The molecular weight excluding hydrogens is 380 g/mol. The molecule has 4 heterocycles. The van der Waals surface area contributed by atoms with Crippen LogP contribution in [0, 0.1) is 6.92 Å². The quantitative estimate of drug-likeness (QED) is 0.544. The summed E-state index contributed by atoms with van der Waals surface area (Å²) in [6, 6.07) is 0.653. The summed E-state index contributed by atoms with van der Waals surface area (Å²) >= 11 is 0. The third-order valence-corrected chi connectivity index (χ3v) is 5.76. The number of carbonyl (C=O) groups is 1. The van der Waals surface area contributed by atoms with E-state index in [4.69, 9.17) is 4.98 Å². The molecule has 1 saturated carbocycles. The minimum atomic E-state index is -0.0258. The highest BCUT2D eigenvalue weighted by atomic mass is 16.2. The Morgan fingerprint density at radius 1 is 1.33 bits per heavy atom. The van der Waals surface area contributed by atoms with Gasteiger partial charge in [0, 0.05) is 31.5 Å². The van der Waals surface area contributed by atoms with Gasteiger partial charge in [-0.25, -0.2) is 0 Å². The summed E-state index contributed by atoms with van der Waals surface area (Å²) in [6.45, 7) is 7.05. The lowest BCUT2D eigenvalue weighted by molar-refractivity contribution is -0.127. The van der Waals surface area contributed by atoms with Crippen molar-refractivity contribution in [3.63, 3.8) is 0 Å². The molecule has 156 valence electrons. The van der Waals surface area contributed by atoms with Crippen LogP contribution in [0.4, 0.5) is 17.5 Å². The Hall–Kier alpha value is -3.36. The Kier molecular flexibility index (Phi) is 4.65. The fourth-order valence-corrected chi connectivity index (χ4v) is 4.04. The molecule has 1 atom stereocenters. The Morgan fingerprint density at radius 2 is 2.20 bits per heavy atom. The summed E-state index contributed by atoms with van der Waals surface area (Å²) in [5.74, 6) is 1.26. The van der Waals surface area contributed by atoms with E-state index in [9.17, 15) is 4.79 Å². The van der Waals surface area contributed by atoms with Crippen LogP contribution in [-0.4, -0.2) is 54.7 Å². The van der Waals surface area contributed by atoms with Crippen molar-refractivity contribution in [2.24, 2.45) is 0 Å². The SMILES string of the molecule is C=CC(=O)N1CCCC(Nc2nc(Nc3cnn(C4CC4)c3)nc3[nH]cc(C)c23)C1. The first-order valence-corrected chi connectivity index (χ1v) is 10.5. The number of piperidine rings is 1. The molecule has 9 heteroatoms. The molecule has 3 aromatic heterocycles. The van der Waals surface area contributed by atoms with E-state index in [1.807, 2.05) is 28.9 Å². The average Bonchev–Trinajstić information content (AvgIpc) is 3.39. The number of aromatic nitrogens is 5. The average molecular weight is 406 g/mol. The molecule has 1 unspecified atom stereocenters. The van der Waals surface area contributed by atoms with Crippen LogP contribution < -0.4 is 10.6 Å². The fourth-order valence-electron chi connectivity index (χ4n) is 4.04. The largest absolute Gasteiger partial charge is 0.365 e. The molecule has 0 spiro atoms. The van der Waals surface area contributed by atoms with Crippen LogP contribution in [0.5, 0.6) is 0 Å². The van der Waals surface area contributed by atoms with Gasteiger partial charge < -0.3 is 20.5 Å². The molecule has 3 aromatic rings. The fraction of sp³-hybridized carbons (Fsp3) is 0.429. The highest BCUT2D eigenvalue weighted by molar-refractivity contribution is 5.91. The molecule has 0 radical (unpaired) electrons. The number of likely N-dealkylation sites (tertiary alicyclic amines) is 1. The monoisotopic (exact) mass is 406 g/mol. The van der Waals surface area contributed by atoms with Gasteiger partial charge in [0.05, 0.1) is 23.3 Å². The second kappa shape index (κ2) is 7.47. The van der Waals surface area contributed by atoms with Gasteiger partial charge in [-0.1, -0.05) is 6.58 Å². The van der Waals surface area contributed by atoms with Gasteiger partial charge >= 0.3 is 0 Å². The maximum absolute atomic E-state index is 12.0. The number of amides is 1. The molecule has 30 heavy (non-hydrogen) atoms. The minimum absolute atomic E-state index is 0.0258. The van der Waals surface area contributed by atoms with Crippen molar-refractivity contribution in [1.29, 1.82) is 0 Å². The molecule has 5 rings (SSSR count). The van der Waals surface area contributed by atoms with E-state index in [0.29, 0.717) is 18.5 Å². The van der Waals surface area contributed by atoms with Gasteiger partial charge in [-0.2, -0.15) is 15.1 Å². The van der Waals surface area contributed by atoms with Crippen molar-refractivity contribution in [2.75, 3.05) is 23.7 Å². The van der Waals surface area contributed by atoms with Crippen LogP contribution in [0.25, 0.3) is 11.0 Å². The summed E-state index contributed by atoms with van der Waals surface area (Å²) in [5.41, 5.74) is 2.73. The van der Waals surface area contributed by atoms with Crippen LogP contribution in [-0.2, 0) is 4.79 Å². The predicted molar refractivity (Wildman–Crippen MR) is 116 cm³/mol. The zero-order valence-corrected chi connectivity index (χ0v) is 17.1. The van der Waals surface area contributed by atoms with Gasteiger partial charge in [0.2, 0.25) is 11.9 Å². The van der Waals surface area contributed by atoms with Gasteiger partial charge in [0.15, 0.2) is 0 Å². The van der Waals surface area contributed by atoms with Crippen molar-refractivity contribution in [2.45, 2.75) is 44.7 Å². The smallest absolute Gasteiger partial charge is 0.246 e. The van der Waals surface area contributed by atoms with E-state index in [1.54, 1.807) is 6.20 Å². The van der Waals surface area contributed by atoms with Crippen LogP contribution in [0.2, 0.25) is 0 Å². The van der Waals surface area contributed by atoms with Crippen molar-refractivity contribution in [3.05, 3.63) is 36.8 Å². The lowest BCUT2D eigenvalue weighted by Gasteiger charge is -2.33. The van der Waals surface area contributed by atoms with Gasteiger partial charge in [0.25, 0.3) is 0 Å².